The highest BCUT2D eigenvalue weighted by Gasteiger charge is 2.17. The molecule has 2 nitrogen and oxygen atoms in total. The highest BCUT2D eigenvalue weighted by Crippen LogP contribution is 2.40. The zero-order valence-corrected chi connectivity index (χ0v) is 28.6. The number of hydrogen-bond donors (Lipinski definition) is 0. The summed E-state index contributed by atoms with van der Waals surface area (Å²) in [7, 11) is 0. The number of fused-ring (bicyclic) bond motifs is 6. The average molecular weight is 663 g/mol. The van der Waals surface area contributed by atoms with Crippen molar-refractivity contribution in [1.29, 1.82) is 0 Å². The number of hydrogen-bond acceptors (Lipinski definition) is 0. The third-order valence-corrected chi connectivity index (χ3v) is 10.5. The van der Waals surface area contributed by atoms with Crippen molar-refractivity contribution in [2.45, 2.75) is 0 Å². The van der Waals surface area contributed by atoms with E-state index < -0.39 is 0 Å². The van der Waals surface area contributed by atoms with Gasteiger partial charge in [-0.15, -0.1) is 0 Å². The molecule has 0 atom stereocenters. The highest BCUT2D eigenvalue weighted by molar-refractivity contribution is 6.13. The highest BCUT2D eigenvalue weighted by atomic mass is 15.0. The minimum atomic E-state index is 1.14. The molecule has 0 unspecified atom stereocenters. The molecule has 2 aromatic heterocycles. The van der Waals surface area contributed by atoms with Crippen LogP contribution >= 0.6 is 0 Å². The van der Waals surface area contributed by atoms with Crippen molar-refractivity contribution in [3.8, 4) is 44.8 Å². The van der Waals surface area contributed by atoms with Crippen LogP contribution in [0.1, 0.15) is 5.56 Å². The van der Waals surface area contributed by atoms with Crippen LogP contribution in [0.25, 0.3) is 94.4 Å². The molecule has 10 aromatic rings. The largest absolute Gasteiger partial charge is 0.309 e. The van der Waals surface area contributed by atoms with Crippen molar-refractivity contribution in [2.75, 3.05) is 0 Å². The van der Waals surface area contributed by atoms with Crippen LogP contribution in [-0.2, 0) is 0 Å². The van der Waals surface area contributed by atoms with E-state index >= 15 is 0 Å². The van der Waals surface area contributed by atoms with Crippen molar-refractivity contribution in [2.24, 2.45) is 0 Å². The summed E-state index contributed by atoms with van der Waals surface area (Å²) in [6.45, 7) is 4.06. The van der Waals surface area contributed by atoms with E-state index in [0.717, 1.165) is 11.3 Å². The van der Waals surface area contributed by atoms with Crippen molar-refractivity contribution in [1.82, 2.24) is 9.13 Å². The first-order valence-electron chi connectivity index (χ1n) is 17.8. The van der Waals surface area contributed by atoms with E-state index in [4.69, 9.17) is 0 Å². The molecule has 244 valence electrons. The van der Waals surface area contributed by atoms with Crippen LogP contribution in [0.2, 0.25) is 0 Å². The van der Waals surface area contributed by atoms with Gasteiger partial charge in [-0.25, -0.2) is 0 Å². The maximum absolute atomic E-state index is 4.06. The van der Waals surface area contributed by atoms with Gasteiger partial charge >= 0.3 is 0 Å². The van der Waals surface area contributed by atoms with E-state index in [9.17, 15) is 0 Å². The summed E-state index contributed by atoms with van der Waals surface area (Å²) in [5, 5.41) is 4.98. The lowest BCUT2D eigenvalue weighted by Crippen LogP contribution is -1.93. The third-order valence-electron chi connectivity index (χ3n) is 10.5. The summed E-state index contributed by atoms with van der Waals surface area (Å²) >= 11 is 0. The van der Waals surface area contributed by atoms with Gasteiger partial charge in [0.2, 0.25) is 0 Å². The van der Waals surface area contributed by atoms with Crippen LogP contribution in [0.5, 0.6) is 0 Å². The molecule has 0 fully saturated rings. The number of benzene rings is 8. The summed E-state index contributed by atoms with van der Waals surface area (Å²) in [6, 6.07) is 68.2. The number of nitrogens with zero attached hydrogens (tertiary/aromatic N) is 2. The van der Waals surface area contributed by atoms with Gasteiger partial charge in [0.05, 0.1) is 22.1 Å². The van der Waals surface area contributed by atoms with Crippen LogP contribution in [0.3, 0.4) is 0 Å². The molecule has 0 aliphatic rings. The molecule has 2 heteroatoms. The molecule has 0 N–H and O–H groups in total. The van der Waals surface area contributed by atoms with Crippen LogP contribution in [0.15, 0.2) is 195 Å². The first-order chi connectivity index (χ1) is 25.7. The monoisotopic (exact) mass is 662 g/mol. The van der Waals surface area contributed by atoms with Gasteiger partial charge in [-0.2, -0.15) is 0 Å². The van der Waals surface area contributed by atoms with Gasteiger partial charge < -0.3 is 9.13 Å². The van der Waals surface area contributed by atoms with Gasteiger partial charge in [-0.05, 0) is 112 Å². The Morgan fingerprint density at radius 2 is 0.769 bits per heavy atom. The lowest BCUT2D eigenvalue weighted by molar-refractivity contribution is 1.18. The van der Waals surface area contributed by atoms with Gasteiger partial charge in [0.1, 0.15) is 0 Å². The topological polar surface area (TPSA) is 9.86 Å². The Bertz CT molecular complexity index is 2960. The van der Waals surface area contributed by atoms with Gasteiger partial charge in [-0.1, -0.05) is 128 Å². The second kappa shape index (κ2) is 12.2. The summed E-state index contributed by atoms with van der Waals surface area (Å²) in [5.74, 6) is 0. The lowest BCUT2D eigenvalue weighted by Gasteiger charge is -2.10. The third kappa shape index (κ3) is 4.80. The van der Waals surface area contributed by atoms with E-state index in [1.54, 1.807) is 0 Å². The maximum Gasteiger partial charge on any atom is 0.0541 e. The molecule has 2 heterocycles. The van der Waals surface area contributed by atoms with Gasteiger partial charge in [0, 0.05) is 32.9 Å². The van der Waals surface area contributed by atoms with Crippen molar-refractivity contribution >= 4 is 49.7 Å². The Hall–Kier alpha value is -6.90. The van der Waals surface area contributed by atoms with E-state index in [0.29, 0.717) is 0 Å². The first-order valence-corrected chi connectivity index (χ1v) is 17.8. The zero-order valence-electron chi connectivity index (χ0n) is 28.6. The molecule has 0 amide bonds. The fourth-order valence-electron chi connectivity index (χ4n) is 8.05. The molecule has 0 aliphatic heterocycles. The summed E-state index contributed by atoms with van der Waals surface area (Å²) < 4.78 is 4.77. The standard InChI is InChI=1S/C50H34N2/c1-2-34-14-9-10-21-42(34)39-16-13-15-35(30-39)36-24-28-49-45(32-36)46-33-38(26-29-50(46)52(49)41-19-7-4-8-20-41)37-25-27-48-44(31-37)43-22-11-12-23-47(43)51(48)40-17-5-3-6-18-40/h2-33H,1H2. The summed E-state index contributed by atoms with van der Waals surface area (Å²) in [4.78, 5) is 0. The van der Waals surface area contributed by atoms with Crippen molar-refractivity contribution in [3.63, 3.8) is 0 Å². The SMILES string of the molecule is C=Cc1ccccc1-c1cccc(-c2ccc3c(c2)c2cc(-c4ccc5c(c4)c4ccccc4n5-c4ccccc4)ccc2n3-c2ccccc2)c1. The van der Waals surface area contributed by atoms with Crippen LogP contribution in [0.4, 0.5) is 0 Å². The molecule has 0 radical (unpaired) electrons. The summed E-state index contributed by atoms with van der Waals surface area (Å²) in [6.07, 6.45) is 1.93. The minimum absolute atomic E-state index is 1.14. The van der Waals surface area contributed by atoms with Gasteiger partial charge in [0.15, 0.2) is 0 Å². The molecule has 0 saturated heterocycles. The quantitative estimate of drug-likeness (QED) is 0.168. The predicted molar refractivity (Wildman–Crippen MR) is 222 cm³/mol. The van der Waals surface area contributed by atoms with Crippen molar-refractivity contribution < 1.29 is 0 Å². The fraction of sp³-hybridized carbons (Fsp3) is 0. The Morgan fingerprint density at radius 1 is 0.327 bits per heavy atom. The minimum Gasteiger partial charge on any atom is -0.309 e. The molecule has 0 spiro atoms. The van der Waals surface area contributed by atoms with Gasteiger partial charge in [-0.3, -0.25) is 0 Å². The Labute approximate surface area is 302 Å². The molecule has 10 rings (SSSR count). The van der Waals surface area contributed by atoms with E-state index in [1.165, 1.54) is 82.7 Å². The molecule has 0 saturated carbocycles. The van der Waals surface area contributed by atoms with Crippen LogP contribution in [-0.4, -0.2) is 9.13 Å². The normalized spacial score (nSPS) is 11.5. The van der Waals surface area contributed by atoms with Crippen molar-refractivity contribution in [3.05, 3.63) is 200 Å². The smallest absolute Gasteiger partial charge is 0.0541 e. The van der Waals surface area contributed by atoms with Crippen LogP contribution in [0, 0.1) is 0 Å². The van der Waals surface area contributed by atoms with E-state index in [-0.39, 0.29) is 0 Å². The first kappa shape index (κ1) is 30.0. The molecule has 52 heavy (non-hydrogen) atoms. The molecule has 8 aromatic carbocycles. The average Bonchev–Trinajstić information content (AvgIpc) is 3.73. The molecular formula is C50H34N2. The second-order valence-electron chi connectivity index (χ2n) is 13.4. The molecule has 0 aliphatic carbocycles. The Morgan fingerprint density at radius 3 is 1.35 bits per heavy atom. The summed E-state index contributed by atoms with van der Waals surface area (Å²) in [5.41, 5.74) is 15.4. The lowest BCUT2D eigenvalue weighted by atomic mass is 9.95. The molecular weight excluding hydrogens is 629 g/mol. The van der Waals surface area contributed by atoms with E-state index in [1.807, 2.05) is 6.08 Å². The molecule has 0 bridgehead atoms. The Kier molecular flexibility index (Phi) is 7.00. The number of rotatable bonds is 6. The zero-order chi connectivity index (χ0) is 34.6. The maximum atomic E-state index is 4.06. The van der Waals surface area contributed by atoms with Crippen LogP contribution < -0.4 is 0 Å². The predicted octanol–water partition coefficient (Wildman–Crippen LogP) is 13.5. The second-order valence-corrected chi connectivity index (χ2v) is 13.4. The number of para-hydroxylation sites is 3. The Balaban J connectivity index is 1.16. The fourth-order valence-corrected chi connectivity index (χ4v) is 8.05. The van der Waals surface area contributed by atoms with Gasteiger partial charge in [0.25, 0.3) is 0 Å². The number of aromatic nitrogens is 2. The van der Waals surface area contributed by atoms with E-state index in [2.05, 4.69) is 204 Å².